The summed E-state index contributed by atoms with van der Waals surface area (Å²) in [4.78, 5) is 26.2. The number of nitrogens with one attached hydrogen (secondary N) is 1. The molecule has 0 fully saturated rings. The monoisotopic (exact) mass is 404 g/mol. The third-order valence-electron chi connectivity index (χ3n) is 3.82. The molecule has 2 aromatic carbocycles. The van der Waals surface area contributed by atoms with Crippen LogP contribution < -0.4 is 14.8 Å². The third kappa shape index (κ3) is 5.89. The summed E-state index contributed by atoms with van der Waals surface area (Å²) >= 11 is 6.30. The second-order valence-corrected chi connectivity index (χ2v) is 7.18. The van der Waals surface area contributed by atoms with Gasteiger partial charge in [-0.2, -0.15) is 0 Å². The van der Waals surface area contributed by atoms with Crippen LogP contribution in [0.3, 0.4) is 0 Å². The number of ether oxygens (including phenoxy) is 2. The predicted octanol–water partition coefficient (Wildman–Crippen LogP) is 4.09. The zero-order valence-corrected chi connectivity index (χ0v) is 17.2. The SMILES string of the molecule is COc1cc(C(=O)N(C)CC(=O)Nc2ccccc2)cc(Cl)c1OCC(C)C. The van der Waals surface area contributed by atoms with Gasteiger partial charge in [-0.1, -0.05) is 43.6 Å². The number of nitrogens with zero attached hydrogens (tertiary/aromatic N) is 1. The van der Waals surface area contributed by atoms with E-state index in [0.717, 1.165) is 0 Å². The van der Waals surface area contributed by atoms with E-state index in [-0.39, 0.29) is 23.4 Å². The summed E-state index contributed by atoms with van der Waals surface area (Å²) in [5, 5.41) is 3.03. The largest absolute Gasteiger partial charge is 0.493 e. The summed E-state index contributed by atoms with van der Waals surface area (Å²) in [5.74, 6) is 0.449. The van der Waals surface area contributed by atoms with E-state index >= 15 is 0 Å². The average Bonchev–Trinajstić information content (AvgIpc) is 2.66. The topological polar surface area (TPSA) is 67.9 Å². The lowest BCUT2D eigenvalue weighted by molar-refractivity contribution is -0.116. The molecule has 28 heavy (non-hydrogen) atoms. The van der Waals surface area contributed by atoms with Crippen molar-refractivity contribution in [2.24, 2.45) is 5.92 Å². The van der Waals surface area contributed by atoms with Crippen LogP contribution in [0.15, 0.2) is 42.5 Å². The maximum absolute atomic E-state index is 12.7. The molecule has 0 atom stereocenters. The minimum absolute atomic E-state index is 0.0980. The molecule has 0 saturated heterocycles. The fourth-order valence-corrected chi connectivity index (χ4v) is 2.73. The standard InChI is InChI=1S/C21H25ClN2O4/c1-14(2)13-28-20-17(22)10-15(11-18(20)27-4)21(26)24(3)12-19(25)23-16-8-6-5-7-9-16/h5-11,14H,12-13H2,1-4H3,(H,23,25). The number of methoxy groups -OCH3 is 1. The van der Waals surface area contributed by atoms with Crippen molar-refractivity contribution in [2.45, 2.75) is 13.8 Å². The first-order valence-electron chi connectivity index (χ1n) is 8.92. The number of likely N-dealkylation sites (N-methyl/N-ethyl adjacent to an activating group) is 1. The first-order valence-corrected chi connectivity index (χ1v) is 9.30. The van der Waals surface area contributed by atoms with E-state index in [1.165, 1.54) is 18.1 Å². The Morgan fingerprint density at radius 3 is 2.46 bits per heavy atom. The Kier molecular flexibility index (Phi) is 7.70. The molecule has 0 heterocycles. The second-order valence-electron chi connectivity index (χ2n) is 6.77. The van der Waals surface area contributed by atoms with E-state index in [0.29, 0.717) is 35.3 Å². The molecular formula is C21H25ClN2O4. The molecule has 0 spiro atoms. The number of benzene rings is 2. The van der Waals surface area contributed by atoms with Gasteiger partial charge in [-0.25, -0.2) is 0 Å². The lowest BCUT2D eigenvalue weighted by Crippen LogP contribution is -2.35. The van der Waals surface area contributed by atoms with Gasteiger partial charge in [0.1, 0.15) is 0 Å². The van der Waals surface area contributed by atoms with Crippen LogP contribution in [0.2, 0.25) is 5.02 Å². The minimum atomic E-state index is -0.348. The van der Waals surface area contributed by atoms with Gasteiger partial charge in [-0.15, -0.1) is 0 Å². The van der Waals surface area contributed by atoms with E-state index in [1.807, 2.05) is 32.0 Å². The van der Waals surface area contributed by atoms with Crippen LogP contribution in [0, 0.1) is 5.92 Å². The van der Waals surface area contributed by atoms with Crippen LogP contribution in [0.25, 0.3) is 0 Å². The first kappa shape index (κ1) is 21.6. The number of carbonyl (C=O) groups excluding carboxylic acids is 2. The van der Waals surface area contributed by atoms with Gasteiger partial charge < -0.3 is 19.7 Å². The van der Waals surface area contributed by atoms with Gasteiger partial charge in [0.25, 0.3) is 5.91 Å². The fraction of sp³-hybridized carbons (Fsp3) is 0.333. The van der Waals surface area contributed by atoms with Gasteiger partial charge in [-0.05, 0) is 30.2 Å². The lowest BCUT2D eigenvalue weighted by atomic mass is 10.1. The molecule has 0 aliphatic carbocycles. The molecule has 2 aromatic rings. The summed E-state index contributed by atoms with van der Waals surface area (Å²) in [6, 6.07) is 12.1. The number of anilines is 1. The Morgan fingerprint density at radius 1 is 1.18 bits per heavy atom. The molecule has 0 saturated carbocycles. The number of halogens is 1. The van der Waals surface area contributed by atoms with Crippen molar-refractivity contribution in [3.63, 3.8) is 0 Å². The molecule has 0 aromatic heterocycles. The zero-order valence-electron chi connectivity index (χ0n) is 16.5. The van der Waals surface area contributed by atoms with Crippen LogP contribution in [0.1, 0.15) is 24.2 Å². The molecule has 150 valence electrons. The van der Waals surface area contributed by atoms with Gasteiger partial charge in [0.05, 0.1) is 25.3 Å². The number of rotatable bonds is 8. The summed E-state index contributed by atoms with van der Waals surface area (Å²) < 4.78 is 11.0. The van der Waals surface area contributed by atoms with Gasteiger partial charge in [0.15, 0.2) is 11.5 Å². The molecule has 2 amide bonds. The number of hydrogen-bond acceptors (Lipinski definition) is 4. The van der Waals surface area contributed by atoms with Crippen molar-refractivity contribution in [2.75, 3.05) is 32.6 Å². The maximum Gasteiger partial charge on any atom is 0.254 e. The van der Waals surface area contributed by atoms with E-state index < -0.39 is 0 Å². The molecule has 0 bridgehead atoms. The van der Waals surface area contributed by atoms with Crippen molar-refractivity contribution in [1.82, 2.24) is 4.90 Å². The highest BCUT2D eigenvalue weighted by Gasteiger charge is 2.20. The van der Waals surface area contributed by atoms with Crippen molar-refractivity contribution < 1.29 is 19.1 Å². The van der Waals surface area contributed by atoms with Gasteiger partial charge in [0, 0.05) is 18.3 Å². The highest BCUT2D eigenvalue weighted by atomic mass is 35.5. The van der Waals surface area contributed by atoms with E-state index in [9.17, 15) is 9.59 Å². The van der Waals surface area contributed by atoms with E-state index in [4.69, 9.17) is 21.1 Å². The second kappa shape index (κ2) is 9.99. The van der Waals surface area contributed by atoms with E-state index in [1.54, 1.807) is 25.2 Å². The van der Waals surface area contributed by atoms with E-state index in [2.05, 4.69) is 5.32 Å². The normalized spacial score (nSPS) is 10.5. The summed E-state index contributed by atoms with van der Waals surface area (Å²) in [7, 11) is 3.04. The van der Waals surface area contributed by atoms with Gasteiger partial charge in [-0.3, -0.25) is 9.59 Å². The van der Waals surface area contributed by atoms with Crippen LogP contribution in [-0.4, -0.2) is 44.0 Å². The zero-order chi connectivity index (χ0) is 20.7. The van der Waals surface area contributed by atoms with Crippen LogP contribution in [0.5, 0.6) is 11.5 Å². The third-order valence-corrected chi connectivity index (χ3v) is 4.10. The molecule has 2 rings (SSSR count). The highest BCUT2D eigenvalue weighted by Crippen LogP contribution is 2.37. The number of hydrogen-bond donors (Lipinski definition) is 1. The molecule has 1 N–H and O–H groups in total. The minimum Gasteiger partial charge on any atom is -0.493 e. The number of para-hydroxylation sites is 1. The maximum atomic E-state index is 12.7. The molecule has 0 aliphatic heterocycles. The summed E-state index contributed by atoms with van der Waals surface area (Å²) in [6.07, 6.45) is 0. The number of carbonyl (C=O) groups is 2. The molecule has 0 radical (unpaired) electrons. The van der Waals surface area contributed by atoms with Gasteiger partial charge >= 0.3 is 0 Å². The molecule has 0 aliphatic rings. The van der Waals surface area contributed by atoms with Crippen molar-refractivity contribution in [1.29, 1.82) is 0 Å². The highest BCUT2D eigenvalue weighted by molar-refractivity contribution is 6.32. The number of amides is 2. The molecular weight excluding hydrogens is 380 g/mol. The van der Waals surface area contributed by atoms with Gasteiger partial charge in [0.2, 0.25) is 5.91 Å². The Balaban J connectivity index is 2.09. The Morgan fingerprint density at radius 2 is 1.86 bits per heavy atom. The Hall–Kier alpha value is -2.73. The molecule has 7 heteroatoms. The smallest absolute Gasteiger partial charge is 0.254 e. The molecule has 0 unspecified atom stereocenters. The Bertz CT molecular complexity index is 825. The summed E-state index contributed by atoms with van der Waals surface area (Å²) in [6.45, 7) is 4.42. The van der Waals surface area contributed by atoms with Crippen LogP contribution in [-0.2, 0) is 4.79 Å². The Labute approximate surface area is 170 Å². The fourth-order valence-electron chi connectivity index (χ4n) is 2.46. The molecule has 6 nitrogen and oxygen atoms in total. The van der Waals surface area contributed by atoms with Crippen molar-refractivity contribution >= 4 is 29.1 Å². The quantitative estimate of drug-likeness (QED) is 0.719. The average molecular weight is 405 g/mol. The lowest BCUT2D eigenvalue weighted by Gasteiger charge is -2.19. The van der Waals surface area contributed by atoms with Crippen molar-refractivity contribution in [3.05, 3.63) is 53.1 Å². The first-order chi connectivity index (χ1) is 13.3. The van der Waals surface area contributed by atoms with Crippen LogP contribution in [0.4, 0.5) is 5.69 Å². The van der Waals surface area contributed by atoms with Crippen molar-refractivity contribution in [3.8, 4) is 11.5 Å². The summed E-state index contributed by atoms with van der Waals surface area (Å²) in [5.41, 5.74) is 0.985. The van der Waals surface area contributed by atoms with Crippen LogP contribution >= 0.6 is 11.6 Å². The predicted molar refractivity (Wildman–Crippen MR) is 110 cm³/mol.